The quantitative estimate of drug-likeness (QED) is 0.123. The predicted molar refractivity (Wildman–Crippen MR) is 162 cm³/mol. The molecule has 0 N–H and O–H groups in total. The van der Waals surface area contributed by atoms with Crippen LogP contribution in [0.2, 0.25) is 0 Å². The molecule has 0 nitrogen and oxygen atoms in total. The van der Waals surface area contributed by atoms with Crippen LogP contribution in [0.4, 0.5) is 17.3 Å². The maximum atomic E-state index is 9.75. The zero-order chi connectivity index (χ0) is 27.9. The van der Waals surface area contributed by atoms with Crippen LogP contribution in [0.3, 0.4) is 0 Å². The molecule has 2 heterocycles. The third-order valence-corrected chi connectivity index (χ3v) is 16.8. The molecule has 39 heavy (non-hydrogen) atoms. The molecule has 0 aromatic heterocycles. The Morgan fingerprint density at radius 3 is 1.18 bits per heavy atom. The van der Waals surface area contributed by atoms with Crippen LogP contribution in [-0.4, -0.2) is 17.6 Å². The second kappa shape index (κ2) is 12.6. The number of rotatable bonds is 1. The fourth-order valence-corrected chi connectivity index (χ4v) is 15.1. The van der Waals surface area contributed by atoms with Crippen molar-refractivity contribution in [2.75, 3.05) is 0 Å². The molecule has 215 valence electrons. The van der Waals surface area contributed by atoms with Crippen LogP contribution in [-0.2, 0) is 31.8 Å². The second-order valence-electron chi connectivity index (χ2n) is 13.1. The van der Waals surface area contributed by atoms with Gasteiger partial charge in [0.25, 0.3) is 0 Å². The number of allylic oxidation sites excluding steroid dienone is 4. The van der Waals surface area contributed by atoms with E-state index in [0.717, 1.165) is 23.2 Å². The molecular formula is C31H42BF4P2Rh+. The molecule has 6 rings (SSSR count). The first-order valence-corrected chi connectivity index (χ1v) is 17.3. The van der Waals surface area contributed by atoms with Crippen molar-refractivity contribution < 1.29 is 36.7 Å². The maximum Gasteiger partial charge on any atom is 0.673 e. The molecule has 0 saturated carbocycles. The average molecular weight is 666 g/mol. The van der Waals surface area contributed by atoms with Crippen molar-refractivity contribution >= 4 is 23.1 Å². The minimum absolute atomic E-state index is 0. The summed E-state index contributed by atoms with van der Waals surface area (Å²) in [5.41, 5.74) is 8.28. The monoisotopic (exact) mass is 666 g/mol. The van der Waals surface area contributed by atoms with Gasteiger partial charge in [-0.1, -0.05) is 72.8 Å². The molecule has 2 aromatic carbocycles. The van der Waals surface area contributed by atoms with Crippen LogP contribution in [0, 0.1) is 11.8 Å². The number of halogens is 4. The van der Waals surface area contributed by atoms with Crippen LogP contribution in [0.15, 0.2) is 72.8 Å². The zero-order valence-electron chi connectivity index (χ0n) is 23.8. The summed E-state index contributed by atoms with van der Waals surface area (Å²) in [6.07, 6.45) is 13.3. The predicted octanol–water partition coefficient (Wildman–Crippen LogP) is 10.6. The first-order chi connectivity index (χ1) is 17.6. The van der Waals surface area contributed by atoms with Crippen molar-refractivity contribution in [2.24, 2.45) is 11.8 Å². The van der Waals surface area contributed by atoms with Gasteiger partial charge in [0.05, 0.1) is 22.6 Å². The Balaban J connectivity index is 0.000000266. The molecule has 0 amide bonds. The summed E-state index contributed by atoms with van der Waals surface area (Å²) < 4.78 is 39.0. The molecule has 4 aliphatic rings. The summed E-state index contributed by atoms with van der Waals surface area (Å²) >= 11 is 0. The Labute approximate surface area is 247 Å². The van der Waals surface area contributed by atoms with Crippen molar-refractivity contribution in [1.82, 2.24) is 0 Å². The van der Waals surface area contributed by atoms with E-state index in [4.69, 9.17) is 0 Å². The van der Waals surface area contributed by atoms with Gasteiger partial charge in [-0.2, -0.15) is 0 Å². The van der Waals surface area contributed by atoms with Gasteiger partial charge in [-0.15, -0.1) is 0 Å². The van der Waals surface area contributed by atoms with Gasteiger partial charge in [0.1, 0.15) is 11.3 Å². The van der Waals surface area contributed by atoms with Gasteiger partial charge in [0.2, 0.25) is 0 Å². The van der Waals surface area contributed by atoms with Crippen molar-refractivity contribution in [1.29, 1.82) is 0 Å². The van der Waals surface area contributed by atoms with Crippen molar-refractivity contribution in [3.05, 3.63) is 95.1 Å². The first-order valence-electron chi connectivity index (χ1n) is 13.7. The molecule has 2 unspecified atom stereocenters. The molecule has 2 bridgehead atoms. The van der Waals surface area contributed by atoms with E-state index in [-0.39, 0.29) is 19.5 Å². The van der Waals surface area contributed by atoms with Crippen molar-refractivity contribution in [3.63, 3.8) is 0 Å². The van der Waals surface area contributed by atoms with Gasteiger partial charge < -0.3 is 17.3 Å². The van der Waals surface area contributed by atoms with Crippen LogP contribution in [0.5, 0.6) is 0 Å². The van der Waals surface area contributed by atoms with Crippen LogP contribution < -0.4 is 0 Å². The maximum absolute atomic E-state index is 9.75. The second-order valence-corrected chi connectivity index (χ2v) is 20.1. The van der Waals surface area contributed by atoms with Crippen LogP contribution in [0.25, 0.3) is 0 Å². The topological polar surface area (TPSA) is 0 Å². The fraction of sp³-hybridized carbons (Fsp3) is 0.484. The number of benzene rings is 2. The Morgan fingerprint density at radius 2 is 0.923 bits per heavy atom. The Kier molecular flexibility index (Phi) is 10.6. The van der Waals surface area contributed by atoms with E-state index in [2.05, 4.69) is 114 Å². The van der Waals surface area contributed by atoms with Gasteiger partial charge in [0.15, 0.2) is 0 Å². The number of hydrogen-bond donors (Lipinski definition) is 0. The Hall–Kier alpha value is -0.812. The van der Waals surface area contributed by atoms with E-state index in [1.54, 1.807) is 22.3 Å². The summed E-state index contributed by atoms with van der Waals surface area (Å²) in [5, 5.41) is 0.882. The first kappa shape index (κ1) is 32.7. The van der Waals surface area contributed by atoms with Gasteiger partial charge in [-0.3, -0.25) is 0 Å². The number of hydrogen-bond acceptors (Lipinski definition) is 0. The Morgan fingerprint density at radius 1 is 0.615 bits per heavy atom. The van der Waals surface area contributed by atoms with Crippen molar-refractivity contribution in [3.8, 4) is 0 Å². The molecule has 8 heteroatoms. The van der Waals surface area contributed by atoms with E-state index in [1.807, 2.05) is 0 Å². The average Bonchev–Trinajstić information content (AvgIpc) is 3.58. The minimum atomic E-state index is -6.00. The van der Waals surface area contributed by atoms with Gasteiger partial charge in [-0.25, -0.2) is 0 Å². The van der Waals surface area contributed by atoms with Gasteiger partial charge in [-0.05, 0) is 70.9 Å². The third-order valence-electron chi connectivity index (χ3n) is 8.31. The van der Waals surface area contributed by atoms with E-state index in [0.29, 0.717) is 10.3 Å². The van der Waals surface area contributed by atoms with E-state index < -0.39 is 23.1 Å². The molecule has 2 aromatic rings. The third kappa shape index (κ3) is 8.15. The molecular weight excluding hydrogens is 624 g/mol. The largest absolute Gasteiger partial charge is 0.673 e. The molecule has 0 spiro atoms. The van der Waals surface area contributed by atoms with E-state index >= 15 is 0 Å². The summed E-state index contributed by atoms with van der Waals surface area (Å²) in [5.74, 6) is 1.62. The summed E-state index contributed by atoms with van der Waals surface area (Å²) in [6, 6.07) is 18.8. The summed E-state index contributed by atoms with van der Waals surface area (Å²) in [6.45, 7) is 15.0. The zero-order valence-corrected chi connectivity index (χ0v) is 27.4. The number of fused-ring (bicyclic) bond motifs is 4. The van der Waals surface area contributed by atoms with Gasteiger partial charge in [0, 0.05) is 46.4 Å². The summed E-state index contributed by atoms with van der Waals surface area (Å²) in [4.78, 5) is 0. The molecule has 4 atom stereocenters. The SMILES string of the molecule is C1=CC2C=CC1C2.CC(C)(C)[PH+]1Cc2ccccc2[C@H]1[C@@H]1c2ccccc2C[PH+]1C(C)(C)C.F[B-](F)(F)F.[Rh]. The smallest absolute Gasteiger partial charge is 0.418 e. The minimum Gasteiger partial charge on any atom is -0.418 e. The molecule has 0 saturated heterocycles. The fourth-order valence-electron chi connectivity index (χ4n) is 6.56. The molecule has 2 aliphatic heterocycles. The molecule has 0 fully saturated rings. The van der Waals surface area contributed by atoms with Crippen LogP contribution in [0.1, 0.15) is 81.5 Å². The van der Waals surface area contributed by atoms with Crippen LogP contribution >= 0.6 is 15.8 Å². The normalized spacial score (nSPS) is 28.1. The van der Waals surface area contributed by atoms with Crippen molar-refractivity contribution in [2.45, 2.75) is 81.9 Å². The molecule has 1 radical (unpaired) electrons. The Bertz CT molecular complexity index is 1080. The van der Waals surface area contributed by atoms with Gasteiger partial charge >= 0.3 is 7.25 Å². The standard InChI is InChI=1S/C24H32P2.C7H8.BF4.Rh/c1-23(2,3)25-15-17-11-7-9-13-19(17)21(25)22-20-14-10-8-12-18(20)16-26(22)24(4,5)6;1-2-7-4-3-6(1)5-7;2-1(3,4)5;/h7-14,21-22H,15-16H2,1-6H3;1-4,6-7H,5H2;;/q;;-1;/p+2/t21-,22-,25?,26?;;;/m0.../s1. The van der Waals surface area contributed by atoms with E-state index in [1.165, 1.54) is 18.7 Å². The summed E-state index contributed by atoms with van der Waals surface area (Å²) in [7, 11) is -7.03. The van der Waals surface area contributed by atoms with E-state index in [9.17, 15) is 17.3 Å². The molecule has 2 aliphatic carbocycles.